The molecule has 1 aromatic rings. The molecule has 1 atom stereocenters. The van der Waals surface area contributed by atoms with E-state index in [1.165, 1.54) is 11.8 Å². The highest BCUT2D eigenvalue weighted by Gasteiger charge is 2.26. The van der Waals surface area contributed by atoms with Gasteiger partial charge in [0.2, 0.25) is 16.4 Å². The molecule has 2 N–H and O–H groups in total. The van der Waals surface area contributed by atoms with Crippen LogP contribution < -0.4 is 10.0 Å². The van der Waals surface area contributed by atoms with Crippen LogP contribution in [0.4, 0.5) is 5.69 Å². The Balaban J connectivity index is 2.13. The number of anilines is 1. The van der Waals surface area contributed by atoms with Crippen molar-refractivity contribution in [3.8, 4) is 0 Å². The van der Waals surface area contributed by atoms with Crippen LogP contribution in [0.2, 0.25) is 0 Å². The Morgan fingerprint density at radius 1 is 1.20 bits per heavy atom. The first kappa shape index (κ1) is 17.8. The summed E-state index contributed by atoms with van der Waals surface area (Å²) in [6.45, 7) is 0. The zero-order valence-corrected chi connectivity index (χ0v) is 15.7. The summed E-state index contributed by atoms with van der Waals surface area (Å²) in [5, 5.41) is 8.28. The van der Waals surface area contributed by atoms with Crippen molar-refractivity contribution in [1.29, 1.82) is 0 Å². The highest BCUT2D eigenvalue weighted by molar-refractivity contribution is 8.22. The third-order valence-corrected chi connectivity index (χ3v) is 7.13. The van der Waals surface area contributed by atoms with Gasteiger partial charge in [0.1, 0.15) is 6.29 Å². The zero-order valence-electron chi connectivity index (χ0n) is 13.2. The Morgan fingerprint density at radius 3 is 2.52 bits per heavy atom. The first-order valence-corrected chi connectivity index (χ1v) is 11.5. The van der Waals surface area contributed by atoms with Gasteiger partial charge in [0.05, 0.1) is 17.9 Å². The fourth-order valence-corrected chi connectivity index (χ4v) is 5.92. The van der Waals surface area contributed by atoms with Crippen molar-refractivity contribution in [2.45, 2.75) is 15.7 Å². The van der Waals surface area contributed by atoms with E-state index in [1.807, 2.05) is 29.0 Å². The van der Waals surface area contributed by atoms with Gasteiger partial charge in [-0.25, -0.2) is 8.42 Å². The lowest BCUT2D eigenvalue weighted by atomic mass is 9.97. The van der Waals surface area contributed by atoms with Crippen molar-refractivity contribution in [1.82, 2.24) is 5.32 Å². The average molecular weight is 397 g/mol. The van der Waals surface area contributed by atoms with E-state index in [4.69, 9.17) is 0 Å². The minimum atomic E-state index is -3.43. The second-order valence-electron chi connectivity index (χ2n) is 5.44. The van der Waals surface area contributed by atoms with Crippen LogP contribution in [0.25, 0.3) is 0 Å². The fourth-order valence-electron chi connectivity index (χ4n) is 2.63. The molecule has 0 aromatic heterocycles. The van der Waals surface area contributed by atoms with Crippen LogP contribution in [-0.4, -0.2) is 27.4 Å². The molecular formula is C16H16N2O4S3. The van der Waals surface area contributed by atoms with Crippen molar-refractivity contribution >= 4 is 51.1 Å². The lowest BCUT2D eigenvalue weighted by molar-refractivity contribution is -0.109. The number of hydrogen-bond acceptors (Lipinski definition) is 5. The molecule has 0 radical (unpaired) electrons. The summed E-state index contributed by atoms with van der Waals surface area (Å²) in [5.41, 5.74) is 1.79. The predicted molar refractivity (Wildman–Crippen MR) is 102 cm³/mol. The molecule has 0 fully saturated rings. The van der Waals surface area contributed by atoms with Gasteiger partial charge in [-0.1, -0.05) is 23.9 Å². The number of nitrogens with one attached hydrogen (secondary N) is 2. The van der Waals surface area contributed by atoms with Crippen LogP contribution in [0.5, 0.6) is 0 Å². The number of carbonyl (C=O) groups excluding carboxylic acids is 2. The Bertz CT molecular complexity index is 908. The minimum absolute atomic E-state index is 0.515. The molecule has 2 aliphatic rings. The molecule has 0 spiro atoms. The number of allylic oxidation sites excluding steroid dienone is 3. The summed E-state index contributed by atoms with van der Waals surface area (Å²) in [5.74, 6) is -0.585. The lowest BCUT2D eigenvalue weighted by Gasteiger charge is -2.26. The molecule has 132 valence electrons. The average Bonchev–Trinajstić information content (AvgIpc) is 3.07. The number of aldehydes is 1. The molecule has 1 amide bonds. The maximum absolute atomic E-state index is 11.7. The van der Waals surface area contributed by atoms with E-state index in [1.54, 1.807) is 11.5 Å². The Labute approximate surface area is 152 Å². The van der Waals surface area contributed by atoms with Gasteiger partial charge in [-0.3, -0.25) is 9.52 Å². The standard InChI is InChI=1S/C16H16N2O4S3/c1-25(21,22)18-13-7-15-11(6-16(13)24-4-2-3-5-24)12(8-19)14(9-23-15)17-10-20/h2-10,12,18,24H,1H3,(H,17,20). The summed E-state index contributed by atoms with van der Waals surface area (Å²) < 4.78 is 26.0. The fraction of sp³-hybridized carbons (Fsp3) is 0.125. The zero-order chi connectivity index (χ0) is 18.0. The number of thioether (sulfide) groups is 1. The highest BCUT2D eigenvalue weighted by Crippen LogP contribution is 2.50. The third-order valence-electron chi connectivity index (χ3n) is 3.65. The maximum atomic E-state index is 11.7. The summed E-state index contributed by atoms with van der Waals surface area (Å²) >= 11 is 1.34. The number of rotatable bonds is 6. The Kier molecular flexibility index (Phi) is 5.07. The van der Waals surface area contributed by atoms with E-state index in [2.05, 4.69) is 10.0 Å². The van der Waals surface area contributed by atoms with Gasteiger partial charge in [-0.2, -0.15) is 10.9 Å². The van der Waals surface area contributed by atoms with Crippen LogP contribution >= 0.6 is 22.7 Å². The maximum Gasteiger partial charge on any atom is 0.229 e. The highest BCUT2D eigenvalue weighted by atomic mass is 32.2. The lowest BCUT2D eigenvalue weighted by Crippen LogP contribution is -2.21. The number of benzene rings is 1. The summed E-state index contributed by atoms with van der Waals surface area (Å²) in [6.07, 6.45) is 6.27. The summed E-state index contributed by atoms with van der Waals surface area (Å²) in [7, 11) is -4.23. The van der Waals surface area contributed by atoms with E-state index in [0.717, 1.165) is 27.9 Å². The van der Waals surface area contributed by atoms with Gasteiger partial charge < -0.3 is 10.1 Å². The topological polar surface area (TPSA) is 92.3 Å². The van der Waals surface area contributed by atoms with E-state index >= 15 is 0 Å². The van der Waals surface area contributed by atoms with Gasteiger partial charge in [0, 0.05) is 15.5 Å². The molecule has 3 rings (SSSR count). The van der Waals surface area contributed by atoms with E-state index in [9.17, 15) is 18.0 Å². The van der Waals surface area contributed by atoms with Gasteiger partial charge in [0.25, 0.3) is 0 Å². The van der Waals surface area contributed by atoms with E-state index in [0.29, 0.717) is 17.8 Å². The molecule has 6 nitrogen and oxygen atoms in total. The van der Waals surface area contributed by atoms with Crippen molar-refractivity contribution < 1.29 is 18.0 Å². The molecule has 0 saturated carbocycles. The van der Waals surface area contributed by atoms with Crippen molar-refractivity contribution in [3.05, 3.63) is 51.8 Å². The van der Waals surface area contributed by atoms with Gasteiger partial charge >= 0.3 is 0 Å². The molecule has 2 aliphatic heterocycles. The van der Waals surface area contributed by atoms with Crippen LogP contribution in [0.3, 0.4) is 0 Å². The van der Waals surface area contributed by atoms with Crippen LogP contribution in [-0.2, 0) is 19.6 Å². The Morgan fingerprint density at radius 2 is 1.92 bits per heavy atom. The second kappa shape index (κ2) is 7.11. The van der Waals surface area contributed by atoms with Gasteiger partial charge in [0.15, 0.2) is 0 Å². The number of hydrogen-bond donors (Lipinski definition) is 3. The van der Waals surface area contributed by atoms with Crippen molar-refractivity contribution in [2.24, 2.45) is 0 Å². The van der Waals surface area contributed by atoms with Crippen molar-refractivity contribution in [2.75, 3.05) is 11.0 Å². The molecule has 1 unspecified atom stereocenters. The Hall–Kier alpha value is -1.97. The SMILES string of the molecule is CS(=O)(=O)Nc1cc2c(cc1[SH]1C=CC=C1)C(C=O)C(NC=O)=CS2. The first-order valence-electron chi connectivity index (χ1n) is 7.24. The smallest absolute Gasteiger partial charge is 0.229 e. The van der Waals surface area contributed by atoms with Crippen molar-refractivity contribution in [3.63, 3.8) is 0 Å². The second-order valence-corrected chi connectivity index (χ2v) is 9.99. The number of sulfonamides is 1. The summed E-state index contributed by atoms with van der Waals surface area (Å²) in [4.78, 5) is 24.0. The third kappa shape index (κ3) is 3.83. The van der Waals surface area contributed by atoms with Gasteiger partial charge in [-0.05, 0) is 33.9 Å². The summed E-state index contributed by atoms with van der Waals surface area (Å²) in [6, 6.07) is 3.61. The molecule has 0 bridgehead atoms. The number of fused-ring (bicyclic) bond motifs is 1. The van der Waals surface area contributed by atoms with Crippen LogP contribution in [0.15, 0.2) is 56.0 Å². The predicted octanol–water partition coefficient (Wildman–Crippen LogP) is 2.43. The molecule has 0 saturated heterocycles. The number of carbonyl (C=O) groups is 2. The van der Waals surface area contributed by atoms with Gasteiger partial charge in [-0.15, -0.1) is 0 Å². The minimum Gasteiger partial charge on any atom is -0.331 e. The van der Waals surface area contributed by atoms with E-state index in [-0.39, 0.29) is 0 Å². The first-order chi connectivity index (χ1) is 11.9. The van der Waals surface area contributed by atoms with Crippen LogP contribution in [0, 0.1) is 0 Å². The molecule has 25 heavy (non-hydrogen) atoms. The van der Waals surface area contributed by atoms with E-state index < -0.39 is 26.8 Å². The monoisotopic (exact) mass is 396 g/mol. The number of amides is 1. The molecule has 1 aromatic carbocycles. The number of thiol groups is 1. The largest absolute Gasteiger partial charge is 0.331 e. The normalized spacial score (nSPS) is 20.0. The molecular weight excluding hydrogens is 380 g/mol. The quantitative estimate of drug-likeness (QED) is 0.507. The molecule has 0 aliphatic carbocycles. The van der Waals surface area contributed by atoms with Crippen LogP contribution in [0.1, 0.15) is 11.5 Å². The molecule has 2 heterocycles. The molecule has 9 heteroatoms.